The molecule has 0 saturated carbocycles. The molecule has 0 bridgehead atoms. The monoisotopic (exact) mass is 235 g/mol. The van der Waals surface area contributed by atoms with Crippen molar-refractivity contribution >= 4 is 11.6 Å². The Labute approximate surface area is 102 Å². The SMILES string of the molecule is CCC1CN(c2c[c]c(N)nn2)CC(CC)O1. The van der Waals surface area contributed by atoms with E-state index in [1.807, 2.05) is 0 Å². The Morgan fingerprint density at radius 2 is 2.00 bits per heavy atom. The highest BCUT2D eigenvalue weighted by Gasteiger charge is 2.26. The zero-order valence-corrected chi connectivity index (χ0v) is 10.4. The molecule has 2 rings (SSSR count). The van der Waals surface area contributed by atoms with Gasteiger partial charge >= 0.3 is 0 Å². The van der Waals surface area contributed by atoms with Gasteiger partial charge in [-0.3, -0.25) is 0 Å². The first-order chi connectivity index (χ1) is 8.22. The summed E-state index contributed by atoms with van der Waals surface area (Å²) in [5.74, 6) is 1.17. The van der Waals surface area contributed by atoms with Crippen LogP contribution in [0.4, 0.5) is 11.6 Å². The molecule has 1 aliphatic rings. The van der Waals surface area contributed by atoms with Gasteiger partial charge in [0.15, 0.2) is 11.6 Å². The smallest absolute Gasteiger partial charge is 0.154 e. The second-order valence-electron chi connectivity index (χ2n) is 4.33. The van der Waals surface area contributed by atoms with Crippen molar-refractivity contribution < 1.29 is 4.74 Å². The molecular formula is C12H19N4O. The molecule has 1 aromatic heterocycles. The lowest BCUT2D eigenvalue weighted by Crippen LogP contribution is -2.47. The van der Waals surface area contributed by atoms with Gasteiger partial charge < -0.3 is 15.4 Å². The van der Waals surface area contributed by atoms with Gasteiger partial charge in [-0.25, -0.2) is 0 Å². The van der Waals surface area contributed by atoms with Gasteiger partial charge in [-0.15, -0.1) is 10.2 Å². The highest BCUT2D eigenvalue weighted by atomic mass is 16.5. The average molecular weight is 235 g/mol. The molecule has 0 aromatic carbocycles. The lowest BCUT2D eigenvalue weighted by Gasteiger charge is -2.38. The van der Waals surface area contributed by atoms with Crippen molar-refractivity contribution in [2.75, 3.05) is 23.7 Å². The van der Waals surface area contributed by atoms with E-state index in [0.717, 1.165) is 31.7 Å². The van der Waals surface area contributed by atoms with E-state index in [1.165, 1.54) is 0 Å². The minimum atomic E-state index is 0.271. The molecule has 2 N–H and O–H groups in total. The number of morpholine rings is 1. The average Bonchev–Trinajstić information content (AvgIpc) is 2.39. The summed E-state index contributed by atoms with van der Waals surface area (Å²) in [6.45, 7) is 6.00. The zero-order chi connectivity index (χ0) is 12.3. The zero-order valence-electron chi connectivity index (χ0n) is 10.4. The Morgan fingerprint density at radius 1 is 1.35 bits per heavy atom. The van der Waals surface area contributed by atoms with Crippen LogP contribution in [0.3, 0.4) is 0 Å². The highest BCUT2D eigenvalue weighted by molar-refractivity contribution is 5.41. The third-order valence-electron chi connectivity index (χ3n) is 3.08. The Hall–Kier alpha value is -1.36. The van der Waals surface area contributed by atoms with Gasteiger partial charge in [-0.05, 0) is 18.9 Å². The van der Waals surface area contributed by atoms with Crippen LogP contribution in [-0.4, -0.2) is 35.5 Å². The number of nitrogen functional groups attached to an aromatic ring is 1. The molecule has 0 spiro atoms. The Kier molecular flexibility index (Phi) is 3.78. The lowest BCUT2D eigenvalue weighted by molar-refractivity contribution is -0.0288. The summed E-state index contributed by atoms with van der Waals surface area (Å²) < 4.78 is 5.94. The topological polar surface area (TPSA) is 64.3 Å². The van der Waals surface area contributed by atoms with Gasteiger partial charge in [0.2, 0.25) is 0 Å². The van der Waals surface area contributed by atoms with E-state index < -0.39 is 0 Å². The maximum atomic E-state index is 5.94. The molecule has 93 valence electrons. The first-order valence-corrected chi connectivity index (χ1v) is 6.14. The van der Waals surface area contributed by atoms with E-state index >= 15 is 0 Å². The summed E-state index contributed by atoms with van der Waals surface area (Å²) in [4.78, 5) is 2.20. The number of anilines is 2. The molecule has 2 heterocycles. The minimum absolute atomic E-state index is 0.271. The first kappa shape index (κ1) is 12.1. The van der Waals surface area contributed by atoms with Gasteiger partial charge in [0.25, 0.3) is 0 Å². The maximum absolute atomic E-state index is 5.94. The van der Waals surface area contributed by atoms with E-state index in [1.54, 1.807) is 6.07 Å². The summed E-state index contributed by atoms with van der Waals surface area (Å²) >= 11 is 0. The molecule has 2 atom stereocenters. The van der Waals surface area contributed by atoms with E-state index in [4.69, 9.17) is 10.5 Å². The molecule has 1 fully saturated rings. The van der Waals surface area contributed by atoms with Crippen LogP contribution in [0.1, 0.15) is 26.7 Å². The second kappa shape index (κ2) is 5.31. The molecule has 1 aromatic rings. The van der Waals surface area contributed by atoms with Crippen molar-refractivity contribution in [3.8, 4) is 0 Å². The summed E-state index contributed by atoms with van der Waals surface area (Å²) in [6.07, 6.45) is 2.57. The van der Waals surface area contributed by atoms with Gasteiger partial charge in [0.05, 0.1) is 12.2 Å². The minimum Gasteiger partial charge on any atom is -0.382 e. The van der Waals surface area contributed by atoms with Crippen molar-refractivity contribution in [2.45, 2.75) is 38.9 Å². The van der Waals surface area contributed by atoms with Crippen LogP contribution in [0.15, 0.2) is 6.07 Å². The summed E-state index contributed by atoms with van der Waals surface area (Å²) in [5, 5.41) is 7.95. The fourth-order valence-electron chi connectivity index (χ4n) is 2.02. The summed E-state index contributed by atoms with van der Waals surface area (Å²) in [5.41, 5.74) is 5.49. The normalized spacial score (nSPS) is 24.9. The molecule has 17 heavy (non-hydrogen) atoms. The lowest BCUT2D eigenvalue weighted by atomic mass is 10.1. The molecule has 5 nitrogen and oxygen atoms in total. The number of nitrogens with two attached hydrogens (primary N) is 1. The quantitative estimate of drug-likeness (QED) is 0.854. The van der Waals surface area contributed by atoms with Crippen LogP contribution in [0.25, 0.3) is 0 Å². The Morgan fingerprint density at radius 3 is 2.47 bits per heavy atom. The fourth-order valence-corrected chi connectivity index (χ4v) is 2.02. The molecule has 5 heteroatoms. The van der Waals surface area contributed by atoms with E-state index in [9.17, 15) is 0 Å². The van der Waals surface area contributed by atoms with E-state index in [0.29, 0.717) is 5.82 Å². The highest BCUT2D eigenvalue weighted by Crippen LogP contribution is 2.20. The summed E-state index contributed by atoms with van der Waals surface area (Å²) in [6, 6.07) is 4.68. The standard InChI is InChI=1S/C12H19N4O/c1-3-9-7-16(8-10(4-2)17-9)12-6-5-11(13)14-15-12/h6,9-10H,3-4,7-8H2,1-2H3,(H2,13,14). The largest absolute Gasteiger partial charge is 0.382 e. The van der Waals surface area contributed by atoms with Crippen molar-refractivity contribution in [1.29, 1.82) is 0 Å². The number of aromatic nitrogens is 2. The van der Waals surface area contributed by atoms with Gasteiger partial charge in [-0.1, -0.05) is 13.8 Å². The first-order valence-electron chi connectivity index (χ1n) is 6.14. The van der Waals surface area contributed by atoms with Crippen LogP contribution in [0.2, 0.25) is 0 Å². The van der Waals surface area contributed by atoms with Crippen LogP contribution < -0.4 is 10.6 Å². The van der Waals surface area contributed by atoms with Gasteiger partial charge in [0.1, 0.15) is 0 Å². The molecule has 0 amide bonds. The molecule has 0 aliphatic carbocycles. The number of hydrogen-bond acceptors (Lipinski definition) is 5. The summed E-state index contributed by atoms with van der Waals surface area (Å²) in [7, 11) is 0. The van der Waals surface area contributed by atoms with Crippen molar-refractivity contribution in [3.05, 3.63) is 12.1 Å². The molecule has 2 unspecified atom stereocenters. The van der Waals surface area contributed by atoms with Crippen molar-refractivity contribution in [1.82, 2.24) is 10.2 Å². The van der Waals surface area contributed by atoms with Crippen LogP contribution in [0.5, 0.6) is 0 Å². The van der Waals surface area contributed by atoms with Crippen LogP contribution >= 0.6 is 0 Å². The Balaban J connectivity index is 2.11. The molecule has 1 radical (unpaired) electrons. The molecular weight excluding hydrogens is 216 g/mol. The van der Waals surface area contributed by atoms with Gasteiger partial charge in [-0.2, -0.15) is 0 Å². The third-order valence-corrected chi connectivity index (χ3v) is 3.08. The Bertz CT molecular complexity index is 342. The third kappa shape index (κ3) is 2.85. The number of nitrogens with zero attached hydrogens (tertiary/aromatic N) is 3. The predicted octanol–water partition coefficient (Wildman–Crippen LogP) is 1.25. The van der Waals surface area contributed by atoms with Crippen molar-refractivity contribution in [3.63, 3.8) is 0 Å². The van der Waals surface area contributed by atoms with E-state index in [2.05, 4.69) is 35.0 Å². The second-order valence-corrected chi connectivity index (χ2v) is 4.33. The molecule has 1 saturated heterocycles. The van der Waals surface area contributed by atoms with Crippen LogP contribution in [-0.2, 0) is 4.74 Å². The van der Waals surface area contributed by atoms with Gasteiger partial charge in [0, 0.05) is 19.2 Å². The van der Waals surface area contributed by atoms with E-state index in [-0.39, 0.29) is 12.2 Å². The number of hydrogen-bond donors (Lipinski definition) is 1. The molecule has 1 aliphatic heterocycles. The number of ether oxygens (including phenoxy) is 1. The van der Waals surface area contributed by atoms with Crippen LogP contribution in [0, 0.1) is 6.07 Å². The van der Waals surface area contributed by atoms with Crippen molar-refractivity contribution in [2.24, 2.45) is 0 Å². The fraction of sp³-hybridized carbons (Fsp3) is 0.667. The predicted molar refractivity (Wildman–Crippen MR) is 66.7 cm³/mol. The maximum Gasteiger partial charge on any atom is 0.154 e. The number of rotatable bonds is 3.